The van der Waals surface area contributed by atoms with Crippen LogP contribution in [0.15, 0.2) is 18.6 Å². The van der Waals surface area contributed by atoms with E-state index in [0.29, 0.717) is 17.9 Å². The number of anilines is 1. The van der Waals surface area contributed by atoms with Crippen LogP contribution in [0.2, 0.25) is 0 Å². The SMILES string of the molecule is CCN1CCN(C(CC(C)CNc2cnccn2)C(C)C)CC1. The van der Waals surface area contributed by atoms with Crippen LogP contribution in [-0.2, 0) is 0 Å². The smallest absolute Gasteiger partial charge is 0.144 e. The summed E-state index contributed by atoms with van der Waals surface area (Å²) in [6.07, 6.45) is 6.46. The van der Waals surface area contributed by atoms with E-state index in [1.165, 1.54) is 39.1 Å². The second-order valence-electron chi connectivity index (χ2n) is 7.09. The van der Waals surface area contributed by atoms with Crippen LogP contribution in [-0.4, -0.2) is 65.1 Å². The molecule has 2 rings (SSSR count). The van der Waals surface area contributed by atoms with Crippen LogP contribution in [0.3, 0.4) is 0 Å². The van der Waals surface area contributed by atoms with E-state index < -0.39 is 0 Å². The van der Waals surface area contributed by atoms with Crippen LogP contribution < -0.4 is 5.32 Å². The molecular weight excluding hydrogens is 286 g/mol. The van der Waals surface area contributed by atoms with E-state index in [4.69, 9.17) is 0 Å². The van der Waals surface area contributed by atoms with Gasteiger partial charge in [-0.1, -0.05) is 27.7 Å². The molecule has 2 atom stereocenters. The highest BCUT2D eigenvalue weighted by atomic mass is 15.3. The molecule has 0 bridgehead atoms. The van der Waals surface area contributed by atoms with Crippen molar-refractivity contribution in [1.29, 1.82) is 0 Å². The number of aromatic nitrogens is 2. The fourth-order valence-corrected chi connectivity index (χ4v) is 3.42. The molecule has 0 saturated carbocycles. The van der Waals surface area contributed by atoms with Crippen molar-refractivity contribution in [1.82, 2.24) is 19.8 Å². The van der Waals surface area contributed by atoms with Gasteiger partial charge in [-0.05, 0) is 24.8 Å². The Bertz CT molecular complexity index is 428. The number of hydrogen-bond donors (Lipinski definition) is 1. The fraction of sp³-hybridized carbons (Fsp3) is 0.778. The van der Waals surface area contributed by atoms with Gasteiger partial charge in [0.05, 0.1) is 6.20 Å². The molecular formula is C18H33N5. The predicted molar refractivity (Wildman–Crippen MR) is 96.6 cm³/mol. The summed E-state index contributed by atoms with van der Waals surface area (Å²) in [5, 5.41) is 3.41. The first-order valence-corrected chi connectivity index (χ1v) is 9.06. The summed E-state index contributed by atoms with van der Waals surface area (Å²) < 4.78 is 0. The van der Waals surface area contributed by atoms with E-state index >= 15 is 0 Å². The van der Waals surface area contributed by atoms with Gasteiger partial charge in [-0.25, -0.2) is 4.98 Å². The molecule has 0 spiro atoms. The largest absolute Gasteiger partial charge is 0.369 e. The summed E-state index contributed by atoms with van der Waals surface area (Å²) in [5.41, 5.74) is 0. The predicted octanol–water partition coefficient (Wildman–Crippen LogP) is 2.58. The van der Waals surface area contributed by atoms with Gasteiger partial charge >= 0.3 is 0 Å². The van der Waals surface area contributed by atoms with Crippen molar-refractivity contribution in [2.75, 3.05) is 44.6 Å². The second-order valence-corrected chi connectivity index (χ2v) is 7.09. The molecule has 1 saturated heterocycles. The summed E-state index contributed by atoms with van der Waals surface area (Å²) in [4.78, 5) is 13.6. The molecule has 1 N–H and O–H groups in total. The number of nitrogens with one attached hydrogen (secondary N) is 1. The minimum atomic E-state index is 0.619. The third kappa shape index (κ3) is 5.74. The first kappa shape index (κ1) is 18.1. The maximum atomic E-state index is 4.28. The average Bonchev–Trinajstić information content (AvgIpc) is 2.58. The lowest BCUT2D eigenvalue weighted by atomic mass is 9.91. The van der Waals surface area contributed by atoms with Crippen molar-refractivity contribution >= 4 is 5.82 Å². The summed E-state index contributed by atoms with van der Waals surface area (Å²) in [6, 6.07) is 0.674. The number of hydrogen-bond acceptors (Lipinski definition) is 5. The molecule has 0 radical (unpaired) electrons. The van der Waals surface area contributed by atoms with Crippen LogP contribution in [0.4, 0.5) is 5.82 Å². The van der Waals surface area contributed by atoms with Crippen molar-refractivity contribution in [3.8, 4) is 0 Å². The molecule has 5 heteroatoms. The Kier molecular flexibility index (Phi) is 7.24. The molecule has 0 aromatic carbocycles. The lowest BCUT2D eigenvalue weighted by molar-refractivity contribution is 0.0679. The lowest BCUT2D eigenvalue weighted by Crippen LogP contribution is -2.52. The first-order chi connectivity index (χ1) is 11.1. The minimum absolute atomic E-state index is 0.619. The zero-order chi connectivity index (χ0) is 16.7. The molecule has 0 amide bonds. The van der Waals surface area contributed by atoms with Crippen LogP contribution in [0.5, 0.6) is 0 Å². The van der Waals surface area contributed by atoms with Gasteiger partial charge in [0.25, 0.3) is 0 Å². The monoisotopic (exact) mass is 319 g/mol. The van der Waals surface area contributed by atoms with Crippen LogP contribution in [0, 0.1) is 11.8 Å². The topological polar surface area (TPSA) is 44.3 Å². The fourth-order valence-electron chi connectivity index (χ4n) is 3.42. The van der Waals surface area contributed by atoms with Crippen molar-refractivity contribution < 1.29 is 0 Å². The number of nitrogens with zero attached hydrogens (tertiary/aromatic N) is 4. The quantitative estimate of drug-likeness (QED) is 0.798. The molecule has 1 aromatic heterocycles. The van der Waals surface area contributed by atoms with E-state index in [-0.39, 0.29) is 0 Å². The van der Waals surface area contributed by atoms with Gasteiger partial charge in [0.2, 0.25) is 0 Å². The van der Waals surface area contributed by atoms with E-state index in [2.05, 4.69) is 52.8 Å². The standard InChI is InChI=1S/C18H33N5/c1-5-22-8-10-23(11-9-22)17(15(2)3)12-16(4)13-21-18-14-19-6-7-20-18/h6-7,14-17H,5,8-13H2,1-4H3,(H,20,21). The summed E-state index contributed by atoms with van der Waals surface area (Å²) in [5.74, 6) is 2.19. The molecule has 130 valence electrons. The van der Waals surface area contributed by atoms with Gasteiger partial charge < -0.3 is 10.2 Å². The zero-order valence-electron chi connectivity index (χ0n) is 15.2. The van der Waals surface area contributed by atoms with Crippen molar-refractivity contribution in [2.45, 2.75) is 40.2 Å². The van der Waals surface area contributed by atoms with Gasteiger partial charge in [-0.2, -0.15) is 0 Å². The Morgan fingerprint density at radius 3 is 2.43 bits per heavy atom. The highest BCUT2D eigenvalue weighted by molar-refractivity contribution is 5.29. The molecule has 1 fully saturated rings. The van der Waals surface area contributed by atoms with Gasteiger partial charge in [0.1, 0.15) is 5.82 Å². The number of rotatable bonds is 8. The third-order valence-electron chi connectivity index (χ3n) is 4.93. The lowest BCUT2D eigenvalue weighted by Gasteiger charge is -2.41. The summed E-state index contributed by atoms with van der Waals surface area (Å²) in [7, 11) is 0. The minimum Gasteiger partial charge on any atom is -0.369 e. The maximum absolute atomic E-state index is 4.28. The maximum Gasteiger partial charge on any atom is 0.144 e. The zero-order valence-corrected chi connectivity index (χ0v) is 15.2. The van der Waals surface area contributed by atoms with Gasteiger partial charge in [0.15, 0.2) is 0 Å². The normalized spacial score (nSPS) is 19.7. The van der Waals surface area contributed by atoms with Crippen molar-refractivity contribution in [3.05, 3.63) is 18.6 Å². The van der Waals surface area contributed by atoms with Crippen LogP contribution in [0.1, 0.15) is 34.1 Å². The van der Waals surface area contributed by atoms with E-state index in [1.54, 1.807) is 18.6 Å². The molecule has 2 unspecified atom stereocenters. The molecule has 1 aliphatic heterocycles. The van der Waals surface area contributed by atoms with Crippen LogP contribution >= 0.6 is 0 Å². The summed E-state index contributed by atoms with van der Waals surface area (Å²) in [6.45, 7) is 16.3. The Balaban J connectivity index is 1.81. The third-order valence-corrected chi connectivity index (χ3v) is 4.93. The van der Waals surface area contributed by atoms with E-state index in [1.807, 2.05) is 0 Å². The van der Waals surface area contributed by atoms with Gasteiger partial charge in [0, 0.05) is 51.2 Å². The van der Waals surface area contributed by atoms with E-state index in [9.17, 15) is 0 Å². The van der Waals surface area contributed by atoms with E-state index in [0.717, 1.165) is 12.4 Å². The van der Waals surface area contributed by atoms with Crippen molar-refractivity contribution in [2.24, 2.45) is 11.8 Å². The second kappa shape index (κ2) is 9.18. The highest BCUT2D eigenvalue weighted by Gasteiger charge is 2.26. The molecule has 0 aliphatic carbocycles. The summed E-state index contributed by atoms with van der Waals surface area (Å²) >= 11 is 0. The molecule has 2 heterocycles. The van der Waals surface area contributed by atoms with Crippen molar-refractivity contribution in [3.63, 3.8) is 0 Å². The number of piperazine rings is 1. The van der Waals surface area contributed by atoms with Gasteiger partial charge in [-0.3, -0.25) is 9.88 Å². The molecule has 1 aliphatic rings. The molecule has 1 aromatic rings. The Morgan fingerprint density at radius 1 is 1.13 bits per heavy atom. The molecule has 5 nitrogen and oxygen atoms in total. The van der Waals surface area contributed by atoms with Crippen LogP contribution in [0.25, 0.3) is 0 Å². The Labute approximate surface area is 141 Å². The first-order valence-electron chi connectivity index (χ1n) is 9.06. The molecule has 23 heavy (non-hydrogen) atoms. The Morgan fingerprint density at radius 2 is 1.87 bits per heavy atom. The Hall–Kier alpha value is -1.20. The highest BCUT2D eigenvalue weighted by Crippen LogP contribution is 2.21. The number of likely N-dealkylation sites (N-methyl/N-ethyl adjacent to an activating group) is 1. The average molecular weight is 319 g/mol. The van der Waals surface area contributed by atoms with Gasteiger partial charge in [-0.15, -0.1) is 0 Å².